The Kier molecular flexibility index (Phi) is 5.69. The first-order valence-electron chi connectivity index (χ1n) is 10.2. The van der Waals surface area contributed by atoms with Crippen LogP contribution < -0.4 is 4.74 Å². The lowest BCUT2D eigenvalue weighted by molar-refractivity contribution is -0.0249. The zero-order valence-corrected chi connectivity index (χ0v) is 16.5. The smallest absolute Gasteiger partial charge is 0.131 e. The molecule has 5 nitrogen and oxygen atoms in total. The van der Waals surface area contributed by atoms with Gasteiger partial charge in [-0.15, -0.1) is 0 Å². The van der Waals surface area contributed by atoms with Crippen molar-refractivity contribution in [1.29, 1.82) is 0 Å². The molecule has 1 aromatic carbocycles. The molecule has 0 amide bonds. The average molecular weight is 378 g/mol. The van der Waals surface area contributed by atoms with Crippen LogP contribution in [0.4, 0.5) is 4.39 Å². The van der Waals surface area contributed by atoms with Crippen molar-refractivity contribution in [2.45, 2.75) is 31.5 Å². The quantitative estimate of drug-likeness (QED) is 0.864. The van der Waals surface area contributed by atoms with Crippen LogP contribution in [-0.2, 0) is 6.54 Å². The minimum Gasteiger partial charge on any atom is -0.497 e. The van der Waals surface area contributed by atoms with Crippen LogP contribution in [0.2, 0.25) is 0 Å². The number of aliphatic hydroxyl groups is 1. The Morgan fingerprint density at radius 1 is 1.11 bits per heavy atom. The molecule has 0 aromatic heterocycles. The number of benzene rings is 1. The lowest BCUT2D eigenvalue weighted by Crippen LogP contribution is -2.55. The molecule has 1 N–H and O–H groups in total. The zero-order valence-electron chi connectivity index (χ0n) is 16.5. The van der Waals surface area contributed by atoms with E-state index in [0.717, 1.165) is 57.7 Å². The Labute approximate surface area is 161 Å². The minimum absolute atomic E-state index is 0.195. The summed E-state index contributed by atoms with van der Waals surface area (Å²) in [6.07, 6.45) is 1.72. The summed E-state index contributed by atoms with van der Waals surface area (Å²) >= 11 is 0. The fourth-order valence-corrected chi connectivity index (χ4v) is 5.20. The molecule has 0 bridgehead atoms. The first-order valence-corrected chi connectivity index (χ1v) is 10.2. The van der Waals surface area contributed by atoms with E-state index >= 15 is 0 Å². The molecule has 1 aromatic rings. The number of rotatable bonds is 4. The van der Waals surface area contributed by atoms with Crippen molar-refractivity contribution in [2.24, 2.45) is 11.8 Å². The van der Waals surface area contributed by atoms with E-state index in [4.69, 9.17) is 4.74 Å². The number of aliphatic hydroxyl groups excluding tert-OH is 1. The maximum absolute atomic E-state index is 14.3. The highest BCUT2D eigenvalue weighted by Crippen LogP contribution is 2.39. The molecule has 0 unspecified atom stereocenters. The molecular weight excluding hydrogens is 345 g/mol. The molecule has 6 heteroatoms. The maximum atomic E-state index is 14.3. The number of hydrogen-bond donors (Lipinski definition) is 1. The molecule has 2 saturated heterocycles. The van der Waals surface area contributed by atoms with Gasteiger partial charge in [0.25, 0.3) is 0 Å². The largest absolute Gasteiger partial charge is 0.497 e. The van der Waals surface area contributed by atoms with Crippen molar-refractivity contribution in [3.63, 3.8) is 0 Å². The van der Waals surface area contributed by atoms with E-state index in [0.29, 0.717) is 24.1 Å². The van der Waals surface area contributed by atoms with E-state index < -0.39 is 0 Å². The Bertz CT molecular complexity index is 650. The second kappa shape index (κ2) is 8.03. The van der Waals surface area contributed by atoms with Gasteiger partial charge in [0.05, 0.1) is 13.2 Å². The van der Waals surface area contributed by atoms with Crippen molar-refractivity contribution >= 4 is 0 Å². The topological polar surface area (TPSA) is 39.2 Å². The average Bonchev–Trinajstić information content (AvgIpc) is 3.04. The fraction of sp³-hybridized carbons (Fsp3) is 0.714. The molecule has 2 heterocycles. The van der Waals surface area contributed by atoms with Gasteiger partial charge in [0.1, 0.15) is 11.6 Å². The molecule has 4 rings (SSSR count). The molecule has 1 aliphatic carbocycles. The standard InChI is InChI=1S/C21H32FN3O2/c1-23-5-7-25(8-6-23)20-9-16-13-24(14-17(16)10-21(20)26)12-15-3-4-18(27-2)11-19(15)22/h3-4,11,16-17,20-21,26H,5-10,12-14H2,1-2H3/t16-,17+,20-,21-/m1/s1. The molecule has 0 spiro atoms. The Hall–Kier alpha value is -1.21. The Morgan fingerprint density at radius 2 is 1.81 bits per heavy atom. The summed E-state index contributed by atoms with van der Waals surface area (Å²) in [5.41, 5.74) is 0.727. The van der Waals surface area contributed by atoms with Crippen LogP contribution in [0.25, 0.3) is 0 Å². The lowest BCUT2D eigenvalue weighted by Gasteiger charge is -2.44. The minimum atomic E-state index is -0.229. The van der Waals surface area contributed by atoms with Crippen molar-refractivity contribution in [3.05, 3.63) is 29.6 Å². The maximum Gasteiger partial charge on any atom is 0.131 e. The highest BCUT2D eigenvalue weighted by atomic mass is 19.1. The van der Waals surface area contributed by atoms with Gasteiger partial charge in [-0.3, -0.25) is 9.80 Å². The number of nitrogens with zero attached hydrogens (tertiary/aromatic N) is 3. The van der Waals surface area contributed by atoms with Gasteiger partial charge >= 0.3 is 0 Å². The van der Waals surface area contributed by atoms with Crippen LogP contribution in [0.15, 0.2) is 18.2 Å². The van der Waals surface area contributed by atoms with Crippen LogP contribution >= 0.6 is 0 Å². The van der Waals surface area contributed by atoms with Crippen molar-refractivity contribution in [1.82, 2.24) is 14.7 Å². The van der Waals surface area contributed by atoms with Gasteiger partial charge in [-0.1, -0.05) is 6.07 Å². The first kappa shape index (κ1) is 19.1. The van der Waals surface area contributed by atoms with Crippen LogP contribution in [0.1, 0.15) is 18.4 Å². The van der Waals surface area contributed by atoms with E-state index in [9.17, 15) is 9.50 Å². The molecule has 0 radical (unpaired) electrons. The van der Waals surface area contributed by atoms with E-state index in [2.05, 4.69) is 21.7 Å². The van der Waals surface area contributed by atoms with E-state index in [1.165, 1.54) is 6.07 Å². The second-order valence-electron chi connectivity index (χ2n) is 8.62. The first-order chi connectivity index (χ1) is 13.0. The van der Waals surface area contributed by atoms with Gasteiger partial charge in [0.15, 0.2) is 0 Å². The van der Waals surface area contributed by atoms with Crippen molar-refractivity contribution in [3.8, 4) is 5.75 Å². The van der Waals surface area contributed by atoms with Crippen LogP contribution in [0, 0.1) is 17.7 Å². The van der Waals surface area contributed by atoms with E-state index in [-0.39, 0.29) is 18.0 Å². The number of ether oxygens (including phenoxy) is 1. The molecular formula is C21H32FN3O2. The van der Waals surface area contributed by atoms with Crippen LogP contribution in [-0.4, -0.2) is 85.4 Å². The third-order valence-electron chi connectivity index (χ3n) is 6.85. The molecule has 1 saturated carbocycles. The summed E-state index contributed by atoms with van der Waals surface area (Å²) < 4.78 is 19.4. The molecule has 4 atom stereocenters. The van der Waals surface area contributed by atoms with Gasteiger partial charge in [0, 0.05) is 63.5 Å². The molecule has 150 valence electrons. The molecule has 27 heavy (non-hydrogen) atoms. The van der Waals surface area contributed by atoms with Crippen molar-refractivity contribution in [2.75, 3.05) is 53.4 Å². The number of likely N-dealkylation sites (N-methyl/N-ethyl adjacent to an activating group) is 1. The van der Waals surface area contributed by atoms with E-state index in [1.54, 1.807) is 7.11 Å². The number of fused-ring (bicyclic) bond motifs is 1. The van der Waals surface area contributed by atoms with Crippen LogP contribution in [0.3, 0.4) is 0 Å². The number of piperazine rings is 1. The molecule has 3 aliphatic rings. The number of halogens is 1. The third-order valence-corrected chi connectivity index (χ3v) is 6.85. The number of likely N-dealkylation sites (tertiary alicyclic amines) is 1. The third kappa shape index (κ3) is 4.14. The highest BCUT2D eigenvalue weighted by Gasteiger charge is 2.43. The van der Waals surface area contributed by atoms with Crippen LogP contribution in [0.5, 0.6) is 5.75 Å². The number of hydrogen-bond acceptors (Lipinski definition) is 5. The van der Waals surface area contributed by atoms with Gasteiger partial charge in [-0.25, -0.2) is 4.39 Å². The lowest BCUT2D eigenvalue weighted by atomic mass is 9.77. The van der Waals surface area contributed by atoms with E-state index in [1.807, 2.05) is 12.1 Å². The SMILES string of the molecule is COc1ccc(CN2C[C@H]3C[C@@H](N4CCN(C)CC4)[C@H](O)C[C@H]3C2)c(F)c1. The highest BCUT2D eigenvalue weighted by molar-refractivity contribution is 5.29. The van der Waals surface area contributed by atoms with Gasteiger partial charge < -0.3 is 14.7 Å². The monoisotopic (exact) mass is 377 g/mol. The summed E-state index contributed by atoms with van der Waals surface area (Å²) in [5.74, 6) is 1.51. The summed E-state index contributed by atoms with van der Waals surface area (Å²) in [5, 5.41) is 10.8. The summed E-state index contributed by atoms with van der Waals surface area (Å²) in [6, 6.07) is 5.41. The summed E-state index contributed by atoms with van der Waals surface area (Å²) in [7, 11) is 3.72. The second-order valence-corrected chi connectivity index (χ2v) is 8.62. The summed E-state index contributed by atoms with van der Waals surface area (Å²) in [4.78, 5) is 7.21. The fourth-order valence-electron chi connectivity index (χ4n) is 5.20. The molecule has 2 aliphatic heterocycles. The summed E-state index contributed by atoms with van der Waals surface area (Å²) in [6.45, 7) is 6.88. The normalized spacial score (nSPS) is 33.2. The van der Waals surface area contributed by atoms with Gasteiger partial charge in [0.2, 0.25) is 0 Å². The zero-order chi connectivity index (χ0) is 19.0. The molecule has 3 fully saturated rings. The van der Waals surface area contributed by atoms with Crippen molar-refractivity contribution < 1.29 is 14.2 Å². The van der Waals surface area contributed by atoms with Gasteiger partial charge in [-0.2, -0.15) is 0 Å². The Morgan fingerprint density at radius 3 is 2.48 bits per heavy atom. The predicted octanol–water partition coefficient (Wildman–Crippen LogP) is 1.65. The number of methoxy groups -OCH3 is 1. The van der Waals surface area contributed by atoms with Gasteiger partial charge in [-0.05, 0) is 37.8 Å². The predicted molar refractivity (Wildman–Crippen MR) is 103 cm³/mol. The Balaban J connectivity index is 1.37.